The summed E-state index contributed by atoms with van der Waals surface area (Å²) in [7, 11) is 0. The minimum Gasteiger partial charge on any atom is -0.466 e. The maximum Gasteiger partial charge on any atom is 0.408 e. The van der Waals surface area contributed by atoms with E-state index in [9.17, 15) is 29.3 Å². The Morgan fingerprint density at radius 2 is 1.58 bits per heavy atom. The van der Waals surface area contributed by atoms with E-state index in [1.54, 1.807) is 45.0 Å². The molecule has 0 heterocycles. The molecule has 0 aliphatic carbocycles. The number of amides is 3. The normalized spacial score (nSPS) is 13.1. The average molecular weight is 529 g/mol. The van der Waals surface area contributed by atoms with E-state index >= 15 is 0 Å². The number of hydrogen-bond donors (Lipinski definition) is 3. The molecule has 0 bridgehead atoms. The van der Waals surface area contributed by atoms with Gasteiger partial charge in [0.2, 0.25) is 11.8 Å². The molecule has 12 heteroatoms. The predicted molar refractivity (Wildman–Crippen MR) is 137 cm³/mol. The zero-order chi connectivity index (χ0) is 28.2. The van der Waals surface area contributed by atoms with E-state index in [4.69, 9.17) is 15.2 Å². The highest BCUT2D eigenvalue weighted by molar-refractivity contribution is 5.92. The molecule has 0 unspecified atom stereocenters. The molecule has 2 aromatic rings. The molecule has 204 valence electrons. The van der Waals surface area contributed by atoms with Gasteiger partial charge in [0, 0.05) is 18.1 Å². The van der Waals surface area contributed by atoms with Crippen molar-refractivity contribution in [1.29, 1.82) is 0 Å². The molecule has 38 heavy (non-hydrogen) atoms. The van der Waals surface area contributed by atoms with Gasteiger partial charge in [-0.25, -0.2) is 4.79 Å². The summed E-state index contributed by atoms with van der Waals surface area (Å²) >= 11 is 0. The summed E-state index contributed by atoms with van der Waals surface area (Å²) in [4.78, 5) is 60.8. The molecule has 0 radical (unpaired) electrons. The third-order valence-electron chi connectivity index (χ3n) is 5.67. The molecular weight excluding hydrogens is 496 g/mol. The van der Waals surface area contributed by atoms with Gasteiger partial charge >= 0.3 is 12.1 Å². The Hall–Kier alpha value is -4.48. The first-order valence-electron chi connectivity index (χ1n) is 12.0. The Kier molecular flexibility index (Phi) is 11.2. The molecule has 0 aromatic heterocycles. The fraction of sp³-hybridized carbons (Fsp3) is 0.385. The van der Waals surface area contributed by atoms with E-state index in [-0.39, 0.29) is 25.3 Å². The van der Waals surface area contributed by atoms with Crippen molar-refractivity contribution < 1.29 is 33.6 Å². The van der Waals surface area contributed by atoms with Crippen molar-refractivity contribution in [3.05, 3.63) is 75.8 Å². The Morgan fingerprint density at radius 3 is 2.11 bits per heavy atom. The van der Waals surface area contributed by atoms with Gasteiger partial charge in [-0.2, -0.15) is 0 Å². The van der Waals surface area contributed by atoms with Gasteiger partial charge in [0.15, 0.2) is 0 Å². The van der Waals surface area contributed by atoms with E-state index in [1.807, 2.05) is 6.07 Å². The fourth-order valence-corrected chi connectivity index (χ4v) is 3.71. The number of hydrogen-bond acceptors (Lipinski definition) is 8. The number of carbonyl (C=O) groups excluding carboxylic acids is 4. The van der Waals surface area contributed by atoms with E-state index in [0.29, 0.717) is 5.56 Å². The monoisotopic (exact) mass is 528 g/mol. The molecule has 0 aliphatic heterocycles. The highest BCUT2D eigenvalue weighted by atomic mass is 16.6. The van der Waals surface area contributed by atoms with Gasteiger partial charge < -0.3 is 25.8 Å². The number of nitro groups is 1. The number of carbonyl (C=O) groups is 4. The lowest BCUT2D eigenvalue weighted by atomic mass is 9.87. The van der Waals surface area contributed by atoms with Crippen molar-refractivity contribution in [2.24, 2.45) is 11.7 Å². The molecule has 0 fully saturated rings. The summed E-state index contributed by atoms with van der Waals surface area (Å²) in [6, 6.07) is 11.7. The lowest BCUT2D eigenvalue weighted by Gasteiger charge is -2.28. The molecule has 3 amide bonds. The zero-order valence-electron chi connectivity index (χ0n) is 21.4. The van der Waals surface area contributed by atoms with Crippen LogP contribution in [0.25, 0.3) is 0 Å². The number of benzene rings is 2. The summed E-state index contributed by atoms with van der Waals surface area (Å²) < 4.78 is 10.2. The van der Waals surface area contributed by atoms with E-state index in [0.717, 1.165) is 5.56 Å². The first kappa shape index (κ1) is 29.7. The summed E-state index contributed by atoms with van der Waals surface area (Å²) in [5, 5.41) is 16.1. The van der Waals surface area contributed by atoms with Gasteiger partial charge in [-0.3, -0.25) is 24.5 Å². The zero-order valence-corrected chi connectivity index (χ0v) is 21.4. The molecular formula is C26H32N4O8. The lowest BCUT2D eigenvalue weighted by Crippen LogP contribution is -2.56. The number of nitrogens with one attached hydrogen (secondary N) is 2. The number of rotatable bonds is 13. The van der Waals surface area contributed by atoms with E-state index < -0.39 is 52.7 Å². The molecule has 0 spiro atoms. The van der Waals surface area contributed by atoms with Crippen LogP contribution in [0.4, 0.5) is 10.5 Å². The number of primary amides is 1. The topological polar surface area (TPSA) is 180 Å². The quantitative estimate of drug-likeness (QED) is 0.201. The minimum absolute atomic E-state index is 0.00915. The lowest BCUT2D eigenvalue weighted by molar-refractivity contribution is -0.384. The number of alkyl carbamates (subject to hydrolysis) is 1. The summed E-state index contributed by atoms with van der Waals surface area (Å²) in [6.07, 6.45) is -1.17. The second kappa shape index (κ2) is 14.3. The van der Waals surface area contributed by atoms with Gasteiger partial charge in [0.1, 0.15) is 18.7 Å². The smallest absolute Gasteiger partial charge is 0.408 e. The van der Waals surface area contributed by atoms with Crippen LogP contribution in [0.15, 0.2) is 54.6 Å². The van der Waals surface area contributed by atoms with Crippen molar-refractivity contribution in [2.45, 2.75) is 51.8 Å². The number of nitrogens with zero attached hydrogens (tertiary/aromatic N) is 1. The SMILES string of the molecule is CCOC(=O)C[C@H](c1ccc([N+](=O)[O-])cc1)[C@H](NC(=O)[C@@H](NC(=O)OCc1ccccc1)C(C)C)C(N)=O. The van der Waals surface area contributed by atoms with Gasteiger partial charge in [-0.1, -0.05) is 56.3 Å². The van der Waals surface area contributed by atoms with E-state index in [2.05, 4.69) is 10.6 Å². The van der Waals surface area contributed by atoms with Gasteiger partial charge in [-0.05, 0) is 24.0 Å². The molecule has 2 aromatic carbocycles. The van der Waals surface area contributed by atoms with Crippen LogP contribution in [-0.4, -0.2) is 47.5 Å². The number of nitro benzene ring substituents is 1. The Morgan fingerprint density at radius 1 is 0.947 bits per heavy atom. The molecule has 3 atom stereocenters. The third-order valence-corrected chi connectivity index (χ3v) is 5.67. The summed E-state index contributed by atoms with van der Waals surface area (Å²) in [5.41, 5.74) is 6.53. The number of ether oxygens (including phenoxy) is 2. The van der Waals surface area contributed by atoms with Crippen molar-refractivity contribution in [2.75, 3.05) is 6.61 Å². The number of non-ortho nitro benzene ring substituents is 1. The van der Waals surface area contributed by atoms with Crippen LogP contribution in [-0.2, 0) is 30.5 Å². The van der Waals surface area contributed by atoms with Gasteiger partial charge in [0.05, 0.1) is 18.0 Å². The standard InChI is InChI=1S/C26H32N4O8/c1-4-37-21(31)14-20(18-10-12-19(13-11-18)30(35)36)23(24(27)32)28-25(33)22(16(2)3)29-26(34)38-15-17-8-6-5-7-9-17/h5-13,16,20,22-23H,4,14-15H2,1-3H3,(H2,27,32)(H,28,33)(H,29,34)/t20-,22+,23+/m1/s1. The molecule has 4 N–H and O–H groups in total. The van der Waals surface area contributed by atoms with Crippen LogP contribution < -0.4 is 16.4 Å². The molecule has 2 rings (SSSR count). The van der Waals surface area contributed by atoms with Gasteiger partial charge in [-0.15, -0.1) is 0 Å². The molecule has 0 saturated carbocycles. The Bertz CT molecular complexity index is 1120. The largest absolute Gasteiger partial charge is 0.466 e. The molecule has 0 aliphatic rings. The maximum absolute atomic E-state index is 13.2. The Balaban J connectivity index is 2.23. The minimum atomic E-state index is -1.39. The average Bonchev–Trinajstić information content (AvgIpc) is 2.88. The summed E-state index contributed by atoms with van der Waals surface area (Å²) in [6.45, 7) is 5.07. The van der Waals surface area contributed by atoms with Crippen molar-refractivity contribution in [1.82, 2.24) is 10.6 Å². The number of esters is 1. The highest BCUT2D eigenvalue weighted by Gasteiger charge is 2.35. The van der Waals surface area contributed by atoms with Crippen LogP contribution in [0, 0.1) is 16.0 Å². The molecule has 12 nitrogen and oxygen atoms in total. The van der Waals surface area contributed by atoms with Crippen LogP contribution >= 0.6 is 0 Å². The summed E-state index contributed by atoms with van der Waals surface area (Å²) in [5.74, 6) is -3.72. The van der Waals surface area contributed by atoms with Crippen molar-refractivity contribution in [3.63, 3.8) is 0 Å². The highest BCUT2D eigenvalue weighted by Crippen LogP contribution is 2.27. The number of nitrogens with two attached hydrogens (primary N) is 1. The van der Waals surface area contributed by atoms with Crippen molar-refractivity contribution >= 4 is 29.6 Å². The second-order valence-electron chi connectivity index (χ2n) is 8.78. The third kappa shape index (κ3) is 8.87. The van der Waals surface area contributed by atoms with Gasteiger partial charge in [0.25, 0.3) is 5.69 Å². The first-order valence-corrected chi connectivity index (χ1v) is 12.0. The first-order chi connectivity index (χ1) is 18.0. The van der Waals surface area contributed by atoms with Crippen LogP contribution in [0.5, 0.6) is 0 Å². The van der Waals surface area contributed by atoms with Crippen LogP contribution in [0.2, 0.25) is 0 Å². The van der Waals surface area contributed by atoms with E-state index in [1.165, 1.54) is 24.3 Å². The van der Waals surface area contributed by atoms with Crippen LogP contribution in [0.3, 0.4) is 0 Å². The predicted octanol–water partition coefficient (Wildman–Crippen LogP) is 2.55. The van der Waals surface area contributed by atoms with Crippen molar-refractivity contribution in [3.8, 4) is 0 Å². The maximum atomic E-state index is 13.2. The Labute approximate surface area is 220 Å². The fourth-order valence-electron chi connectivity index (χ4n) is 3.71. The molecule has 0 saturated heterocycles. The van der Waals surface area contributed by atoms with Crippen LogP contribution in [0.1, 0.15) is 44.2 Å². The second-order valence-corrected chi connectivity index (χ2v) is 8.78.